The first-order chi connectivity index (χ1) is 20.8. The molecule has 234 valence electrons. The Bertz CT molecular complexity index is 1190. The number of aliphatic hydroxyl groups is 1. The van der Waals surface area contributed by atoms with E-state index in [4.69, 9.17) is 0 Å². The number of unbranched alkanes of at least 4 members (excludes halogenated alkanes) is 3. The van der Waals surface area contributed by atoms with Gasteiger partial charge in [0.2, 0.25) is 17.7 Å². The summed E-state index contributed by atoms with van der Waals surface area (Å²) in [5.41, 5.74) is 0.797. The molecule has 1 spiro atoms. The highest BCUT2D eigenvalue weighted by atomic mass is 32.2. The van der Waals surface area contributed by atoms with Crippen molar-refractivity contribution >= 4 is 35.2 Å². The molecule has 0 radical (unpaired) electrons. The number of benzene rings is 1. The molecule has 43 heavy (non-hydrogen) atoms. The molecule has 1 N–H and O–H groups in total. The molecule has 5 rings (SSSR count). The van der Waals surface area contributed by atoms with Crippen LogP contribution in [0.15, 0.2) is 55.6 Å². The van der Waals surface area contributed by atoms with E-state index < -0.39 is 27.4 Å². The Labute approximate surface area is 261 Å². The van der Waals surface area contributed by atoms with Crippen molar-refractivity contribution in [2.24, 2.45) is 11.8 Å². The summed E-state index contributed by atoms with van der Waals surface area (Å²) in [6, 6.07) is 9.21. The molecular formula is C35H49N3O4S. The van der Waals surface area contributed by atoms with Gasteiger partial charge < -0.3 is 19.8 Å². The molecule has 1 aliphatic carbocycles. The van der Waals surface area contributed by atoms with Gasteiger partial charge in [-0.1, -0.05) is 62.5 Å². The number of nitrogens with zero attached hydrogens (tertiary/aromatic N) is 3. The van der Waals surface area contributed by atoms with Crippen LogP contribution in [0.25, 0.3) is 0 Å². The van der Waals surface area contributed by atoms with Crippen LogP contribution in [0, 0.1) is 11.8 Å². The Balaban J connectivity index is 1.52. The number of fused-ring (bicyclic) bond motifs is 1. The second-order valence-electron chi connectivity index (χ2n) is 13.0. The Morgan fingerprint density at radius 1 is 1.00 bits per heavy atom. The van der Waals surface area contributed by atoms with Gasteiger partial charge in [-0.2, -0.15) is 0 Å². The van der Waals surface area contributed by atoms with E-state index in [0.717, 1.165) is 69.9 Å². The number of amides is 3. The summed E-state index contributed by atoms with van der Waals surface area (Å²) >= 11 is 1.75. The molecule has 1 aromatic rings. The van der Waals surface area contributed by atoms with E-state index in [1.807, 2.05) is 46.2 Å². The molecule has 3 amide bonds. The first-order valence-corrected chi connectivity index (χ1v) is 17.1. The van der Waals surface area contributed by atoms with Crippen LogP contribution < -0.4 is 4.90 Å². The summed E-state index contributed by atoms with van der Waals surface area (Å²) in [5.74, 6) is -1.11. The molecule has 1 aromatic carbocycles. The number of anilines is 1. The van der Waals surface area contributed by atoms with Gasteiger partial charge in [0.15, 0.2) is 0 Å². The summed E-state index contributed by atoms with van der Waals surface area (Å²) in [5, 5.41) is 9.25. The third-order valence-electron chi connectivity index (χ3n) is 10.4. The third-order valence-corrected chi connectivity index (χ3v) is 12.3. The van der Waals surface area contributed by atoms with E-state index in [-0.39, 0.29) is 30.4 Å². The summed E-state index contributed by atoms with van der Waals surface area (Å²) in [6.07, 6.45) is 13.8. The van der Waals surface area contributed by atoms with Crippen molar-refractivity contribution in [1.82, 2.24) is 9.80 Å². The molecule has 3 heterocycles. The lowest BCUT2D eigenvalue weighted by Crippen LogP contribution is -2.57. The monoisotopic (exact) mass is 607 g/mol. The van der Waals surface area contributed by atoms with E-state index >= 15 is 0 Å². The number of rotatable bonds is 14. The van der Waals surface area contributed by atoms with Crippen molar-refractivity contribution in [3.05, 3.63) is 55.6 Å². The molecule has 2 bridgehead atoms. The highest BCUT2D eigenvalue weighted by molar-refractivity contribution is 8.02. The van der Waals surface area contributed by atoms with Gasteiger partial charge in [0.05, 0.1) is 16.6 Å². The number of thioether (sulfide) groups is 1. The zero-order chi connectivity index (χ0) is 30.6. The summed E-state index contributed by atoms with van der Waals surface area (Å²) in [7, 11) is 0. The number of para-hydroxylation sites is 1. The molecule has 5 atom stereocenters. The predicted octanol–water partition coefficient (Wildman–Crippen LogP) is 5.59. The van der Waals surface area contributed by atoms with Gasteiger partial charge >= 0.3 is 0 Å². The SMILES string of the molecule is C=CCN(C(=O)[C@@H]1[C@H]2C(=O)N(CCCCCCO)C(C(=O)N(CC=C)C3CCCCC3)C23CC[C@@]1(C)S3)c1ccccc1. The van der Waals surface area contributed by atoms with Gasteiger partial charge in [-0.15, -0.1) is 24.9 Å². The predicted molar refractivity (Wildman–Crippen MR) is 174 cm³/mol. The maximum absolute atomic E-state index is 14.8. The minimum atomic E-state index is -0.626. The maximum atomic E-state index is 14.8. The smallest absolute Gasteiger partial charge is 0.247 e. The molecular weight excluding hydrogens is 558 g/mol. The van der Waals surface area contributed by atoms with E-state index in [1.54, 1.807) is 22.7 Å². The van der Waals surface area contributed by atoms with Crippen LogP contribution in [0.2, 0.25) is 0 Å². The average Bonchev–Trinajstić information content (AvgIpc) is 3.59. The van der Waals surface area contributed by atoms with E-state index in [0.29, 0.717) is 19.6 Å². The van der Waals surface area contributed by atoms with Crippen LogP contribution in [-0.2, 0) is 14.4 Å². The number of carbonyl (C=O) groups excluding carboxylic acids is 3. The zero-order valence-corrected chi connectivity index (χ0v) is 26.6. The van der Waals surface area contributed by atoms with Gasteiger partial charge in [-0.25, -0.2) is 0 Å². The first kappa shape index (κ1) is 31.8. The van der Waals surface area contributed by atoms with Gasteiger partial charge in [0, 0.05) is 42.7 Å². The Morgan fingerprint density at radius 3 is 2.37 bits per heavy atom. The fraction of sp³-hybridized carbons (Fsp3) is 0.629. The number of aliphatic hydroxyl groups excluding tert-OH is 1. The largest absolute Gasteiger partial charge is 0.396 e. The van der Waals surface area contributed by atoms with Gasteiger partial charge in [0.1, 0.15) is 6.04 Å². The van der Waals surface area contributed by atoms with E-state index in [9.17, 15) is 19.5 Å². The number of hydrogen-bond acceptors (Lipinski definition) is 5. The first-order valence-electron chi connectivity index (χ1n) is 16.3. The molecule has 4 fully saturated rings. The molecule has 1 saturated carbocycles. The standard InChI is InChI=1S/C35H49N3O4S/c1-4-22-36(26-16-10-8-11-17-26)31(40)28-29-32(41)38(24-14-6-7-15-25-39)30(35(29)21-20-34(28,3)43-35)33(42)37(23-5-2)27-18-12-9-13-19-27/h4-5,8,10-11,16-17,27-30,39H,1-2,6-7,9,12-15,18-25H2,3H3/t28-,29-,30?,34+,35?/m0/s1. The second-order valence-corrected chi connectivity index (χ2v) is 14.9. The third kappa shape index (κ3) is 5.82. The summed E-state index contributed by atoms with van der Waals surface area (Å²) < 4.78 is -1.05. The lowest BCUT2D eigenvalue weighted by molar-refractivity contribution is -0.144. The Morgan fingerprint density at radius 2 is 1.70 bits per heavy atom. The topological polar surface area (TPSA) is 81.2 Å². The fourth-order valence-electron chi connectivity index (χ4n) is 8.40. The minimum absolute atomic E-state index is 0.0360. The molecule has 4 aliphatic rings. The van der Waals surface area contributed by atoms with Crippen molar-refractivity contribution < 1.29 is 19.5 Å². The van der Waals surface area contributed by atoms with Crippen LogP contribution in [-0.4, -0.2) is 80.4 Å². The lowest BCUT2D eigenvalue weighted by Gasteiger charge is -2.41. The van der Waals surface area contributed by atoms with Crippen molar-refractivity contribution in [2.75, 3.05) is 31.1 Å². The highest BCUT2D eigenvalue weighted by Crippen LogP contribution is 2.71. The number of carbonyl (C=O) groups is 3. The molecule has 0 aromatic heterocycles. The zero-order valence-electron chi connectivity index (χ0n) is 25.8. The minimum Gasteiger partial charge on any atom is -0.396 e. The van der Waals surface area contributed by atoms with Crippen LogP contribution in [0.4, 0.5) is 5.69 Å². The van der Waals surface area contributed by atoms with Gasteiger partial charge in [-0.3, -0.25) is 14.4 Å². The molecule has 7 nitrogen and oxygen atoms in total. The van der Waals surface area contributed by atoms with Crippen LogP contribution in [0.3, 0.4) is 0 Å². The van der Waals surface area contributed by atoms with E-state index in [2.05, 4.69) is 20.1 Å². The Hall–Kier alpha value is -2.58. The van der Waals surface area contributed by atoms with Crippen molar-refractivity contribution in [3.63, 3.8) is 0 Å². The van der Waals surface area contributed by atoms with Crippen molar-refractivity contribution in [2.45, 2.75) is 99.1 Å². The van der Waals surface area contributed by atoms with Crippen LogP contribution in [0.1, 0.15) is 77.6 Å². The van der Waals surface area contributed by atoms with Crippen molar-refractivity contribution in [3.8, 4) is 0 Å². The normalized spacial score (nSPS) is 29.9. The number of likely N-dealkylation sites (tertiary alicyclic amines) is 1. The second kappa shape index (κ2) is 13.6. The molecule has 2 unspecified atom stereocenters. The summed E-state index contributed by atoms with van der Waals surface area (Å²) in [4.78, 5) is 49.7. The molecule has 3 saturated heterocycles. The van der Waals surface area contributed by atoms with Gasteiger partial charge in [0.25, 0.3) is 0 Å². The number of hydrogen-bond donors (Lipinski definition) is 1. The maximum Gasteiger partial charge on any atom is 0.247 e. The quantitative estimate of drug-likeness (QED) is 0.220. The molecule has 3 aliphatic heterocycles. The van der Waals surface area contributed by atoms with Crippen LogP contribution in [0.5, 0.6) is 0 Å². The van der Waals surface area contributed by atoms with E-state index in [1.165, 1.54) is 6.42 Å². The molecule has 8 heteroatoms. The average molecular weight is 608 g/mol. The Kier molecular flexibility index (Phi) is 10.1. The lowest BCUT2D eigenvalue weighted by atomic mass is 9.66. The highest BCUT2D eigenvalue weighted by Gasteiger charge is 2.77. The van der Waals surface area contributed by atoms with Crippen molar-refractivity contribution in [1.29, 1.82) is 0 Å². The van der Waals surface area contributed by atoms with Crippen LogP contribution >= 0.6 is 11.8 Å². The summed E-state index contributed by atoms with van der Waals surface area (Å²) in [6.45, 7) is 11.5. The fourth-order valence-corrected chi connectivity index (χ4v) is 10.7. The van der Waals surface area contributed by atoms with Gasteiger partial charge in [-0.05, 0) is 57.6 Å².